The number of hydrogen-bond acceptors (Lipinski definition) is 2. The summed E-state index contributed by atoms with van der Waals surface area (Å²) in [5.41, 5.74) is 3.71. The predicted molar refractivity (Wildman–Crippen MR) is 90.2 cm³/mol. The van der Waals surface area contributed by atoms with E-state index in [1.54, 1.807) is 0 Å². The molecule has 116 valence electrons. The molecule has 1 heterocycles. The molecule has 0 atom stereocenters. The molecular formula is C16H24ClN3O. The van der Waals surface area contributed by atoms with Crippen molar-refractivity contribution in [3.63, 3.8) is 0 Å². The first kappa shape index (κ1) is 17.5. The maximum Gasteiger partial charge on any atom is 0.220 e. The third-order valence-corrected chi connectivity index (χ3v) is 3.56. The molecule has 0 aliphatic heterocycles. The Bertz CT molecular complexity index is 580. The minimum atomic E-state index is 0. The van der Waals surface area contributed by atoms with Gasteiger partial charge in [0.05, 0.1) is 0 Å². The highest BCUT2D eigenvalue weighted by Crippen LogP contribution is 2.21. The first-order chi connectivity index (χ1) is 9.72. The molecule has 0 aliphatic carbocycles. The van der Waals surface area contributed by atoms with E-state index in [9.17, 15) is 4.79 Å². The van der Waals surface area contributed by atoms with E-state index in [4.69, 9.17) is 0 Å². The molecule has 0 fully saturated rings. The number of nitrogens with one attached hydrogen (secondary N) is 3. The number of carbonyl (C=O) groups excluding carboxylic acids is 1. The molecule has 0 saturated carbocycles. The fraction of sp³-hybridized carbons (Fsp3) is 0.438. The molecule has 5 heteroatoms. The Balaban J connectivity index is 0.00000220. The van der Waals surface area contributed by atoms with Crippen molar-refractivity contribution >= 4 is 29.2 Å². The number of halogens is 1. The molecule has 4 nitrogen and oxygen atoms in total. The number of hydrogen-bond donors (Lipinski definition) is 3. The number of rotatable bonds is 7. The molecule has 0 bridgehead atoms. The third kappa shape index (κ3) is 4.76. The second-order valence-electron chi connectivity index (χ2n) is 5.12. The van der Waals surface area contributed by atoms with E-state index in [-0.39, 0.29) is 18.3 Å². The van der Waals surface area contributed by atoms with Crippen LogP contribution in [0.2, 0.25) is 0 Å². The summed E-state index contributed by atoms with van der Waals surface area (Å²) in [5.74, 6) is 0.135. The maximum atomic E-state index is 11.6. The fourth-order valence-electron chi connectivity index (χ4n) is 2.42. The number of aryl methyl sites for hydroxylation is 1. The Labute approximate surface area is 132 Å². The van der Waals surface area contributed by atoms with E-state index in [1.165, 1.54) is 22.0 Å². The van der Waals surface area contributed by atoms with Crippen LogP contribution in [0.3, 0.4) is 0 Å². The number of fused-ring (bicyclic) bond motifs is 1. The number of para-hydroxylation sites is 1. The minimum Gasteiger partial charge on any atom is -0.361 e. The first-order valence-electron chi connectivity index (χ1n) is 7.19. The van der Waals surface area contributed by atoms with E-state index >= 15 is 0 Å². The minimum absolute atomic E-state index is 0. The number of aromatic nitrogens is 1. The Morgan fingerprint density at radius 1 is 1.29 bits per heavy atom. The van der Waals surface area contributed by atoms with Gasteiger partial charge in [-0.25, -0.2) is 0 Å². The Morgan fingerprint density at radius 2 is 2.10 bits per heavy atom. The Morgan fingerprint density at radius 3 is 2.86 bits per heavy atom. The molecule has 0 saturated heterocycles. The van der Waals surface area contributed by atoms with Gasteiger partial charge in [-0.2, -0.15) is 0 Å². The quantitative estimate of drug-likeness (QED) is 0.689. The number of H-pyrrole nitrogens is 1. The smallest absolute Gasteiger partial charge is 0.220 e. The summed E-state index contributed by atoms with van der Waals surface area (Å²) in [6.45, 7) is 3.68. The highest BCUT2D eigenvalue weighted by Gasteiger charge is 2.06. The Kier molecular flexibility index (Phi) is 7.26. The SMILES string of the molecule is CNCCCC(=O)NCCc1c[nH]c2c(C)cccc12.Cl. The van der Waals surface area contributed by atoms with E-state index in [2.05, 4.69) is 40.7 Å². The van der Waals surface area contributed by atoms with Crippen LogP contribution in [-0.2, 0) is 11.2 Å². The van der Waals surface area contributed by atoms with Crippen LogP contribution in [0.1, 0.15) is 24.0 Å². The van der Waals surface area contributed by atoms with Gasteiger partial charge in [0.15, 0.2) is 0 Å². The van der Waals surface area contributed by atoms with Crippen molar-refractivity contribution in [1.82, 2.24) is 15.6 Å². The van der Waals surface area contributed by atoms with E-state index in [0.717, 1.165) is 19.4 Å². The maximum absolute atomic E-state index is 11.6. The zero-order valence-corrected chi connectivity index (χ0v) is 13.5. The van der Waals surface area contributed by atoms with Gasteiger partial charge in [0.25, 0.3) is 0 Å². The van der Waals surface area contributed by atoms with Crippen molar-refractivity contribution in [3.05, 3.63) is 35.5 Å². The largest absolute Gasteiger partial charge is 0.361 e. The second-order valence-corrected chi connectivity index (χ2v) is 5.12. The lowest BCUT2D eigenvalue weighted by Gasteiger charge is -2.05. The first-order valence-corrected chi connectivity index (χ1v) is 7.19. The van der Waals surface area contributed by atoms with Crippen LogP contribution in [0, 0.1) is 6.92 Å². The fourth-order valence-corrected chi connectivity index (χ4v) is 2.42. The third-order valence-electron chi connectivity index (χ3n) is 3.56. The van der Waals surface area contributed by atoms with Gasteiger partial charge in [-0.3, -0.25) is 4.79 Å². The monoisotopic (exact) mass is 309 g/mol. The lowest BCUT2D eigenvalue weighted by atomic mass is 10.1. The van der Waals surface area contributed by atoms with Gasteiger partial charge >= 0.3 is 0 Å². The van der Waals surface area contributed by atoms with Crippen molar-refractivity contribution < 1.29 is 4.79 Å². The van der Waals surface area contributed by atoms with Gasteiger partial charge in [-0.1, -0.05) is 18.2 Å². The lowest BCUT2D eigenvalue weighted by molar-refractivity contribution is -0.121. The zero-order chi connectivity index (χ0) is 14.4. The normalized spacial score (nSPS) is 10.4. The number of benzene rings is 1. The highest BCUT2D eigenvalue weighted by molar-refractivity contribution is 5.86. The summed E-state index contributed by atoms with van der Waals surface area (Å²) in [7, 11) is 1.90. The molecule has 1 amide bonds. The number of amides is 1. The molecule has 0 unspecified atom stereocenters. The van der Waals surface area contributed by atoms with Crippen molar-refractivity contribution in [2.45, 2.75) is 26.2 Å². The molecule has 1 aromatic heterocycles. The standard InChI is InChI=1S/C16H23N3O.ClH/c1-12-5-3-6-14-13(11-19-16(12)14)8-10-18-15(20)7-4-9-17-2;/h3,5-6,11,17,19H,4,7-10H2,1-2H3,(H,18,20);1H. The molecule has 21 heavy (non-hydrogen) atoms. The molecular weight excluding hydrogens is 286 g/mol. The van der Waals surface area contributed by atoms with Gasteiger partial charge in [-0.15, -0.1) is 12.4 Å². The van der Waals surface area contributed by atoms with E-state index < -0.39 is 0 Å². The molecule has 0 aliphatic rings. The highest BCUT2D eigenvalue weighted by atomic mass is 35.5. The summed E-state index contributed by atoms with van der Waals surface area (Å²) >= 11 is 0. The Hall–Kier alpha value is -1.52. The lowest BCUT2D eigenvalue weighted by Crippen LogP contribution is -2.26. The molecule has 0 radical (unpaired) electrons. The van der Waals surface area contributed by atoms with Crippen molar-refractivity contribution in [2.75, 3.05) is 20.1 Å². The molecule has 2 aromatic rings. The van der Waals surface area contributed by atoms with Crippen LogP contribution < -0.4 is 10.6 Å². The molecule has 2 rings (SSSR count). The van der Waals surface area contributed by atoms with Gasteiger partial charge in [0.2, 0.25) is 5.91 Å². The van der Waals surface area contributed by atoms with Gasteiger partial charge < -0.3 is 15.6 Å². The molecule has 0 spiro atoms. The van der Waals surface area contributed by atoms with E-state index in [1.807, 2.05) is 13.2 Å². The number of carbonyl (C=O) groups is 1. The average Bonchev–Trinajstić information content (AvgIpc) is 2.84. The van der Waals surface area contributed by atoms with Crippen LogP contribution >= 0.6 is 12.4 Å². The molecule has 3 N–H and O–H groups in total. The topological polar surface area (TPSA) is 56.9 Å². The summed E-state index contributed by atoms with van der Waals surface area (Å²) < 4.78 is 0. The van der Waals surface area contributed by atoms with Crippen LogP contribution in [0.4, 0.5) is 0 Å². The second kappa shape index (κ2) is 8.70. The van der Waals surface area contributed by atoms with Crippen LogP contribution in [0.15, 0.2) is 24.4 Å². The average molecular weight is 310 g/mol. The van der Waals surface area contributed by atoms with Crippen LogP contribution in [0.25, 0.3) is 10.9 Å². The summed E-state index contributed by atoms with van der Waals surface area (Å²) in [6, 6.07) is 6.31. The van der Waals surface area contributed by atoms with E-state index in [0.29, 0.717) is 13.0 Å². The number of aromatic amines is 1. The predicted octanol–water partition coefficient (Wildman–Crippen LogP) is 2.56. The van der Waals surface area contributed by atoms with Crippen molar-refractivity contribution in [1.29, 1.82) is 0 Å². The van der Waals surface area contributed by atoms with Gasteiger partial charge in [-0.05, 0) is 44.5 Å². The summed E-state index contributed by atoms with van der Waals surface area (Å²) in [4.78, 5) is 14.9. The van der Waals surface area contributed by atoms with Gasteiger partial charge in [0.1, 0.15) is 0 Å². The van der Waals surface area contributed by atoms with Crippen molar-refractivity contribution in [2.24, 2.45) is 0 Å². The van der Waals surface area contributed by atoms with Crippen LogP contribution in [-0.4, -0.2) is 31.0 Å². The van der Waals surface area contributed by atoms with Crippen LogP contribution in [0.5, 0.6) is 0 Å². The summed E-state index contributed by atoms with van der Waals surface area (Å²) in [6.07, 6.45) is 4.38. The van der Waals surface area contributed by atoms with Gasteiger partial charge in [0, 0.05) is 30.1 Å². The van der Waals surface area contributed by atoms with Crippen molar-refractivity contribution in [3.8, 4) is 0 Å². The summed E-state index contributed by atoms with van der Waals surface area (Å²) in [5, 5.41) is 7.28. The molecule has 1 aromatic carbocycles. The zero-order valence-electron chi connectivity index (χ0n) is 12.7.